The Kier molecular flexibility index (Phi) is 6.10. The number of ether oxygens (including phenoxy) is 1. The lowest BCUT2D eigenvalue weighted by Gasteiger charge is -2.45. The van der Waals surface area contributed by atoms with E-state index in [9.17, 15) is 0 Å². The maximum absolute atomic E-state index is 7.19. The molecule has 154 valence electrons. The van der Waals surface area contributed by atoms with Crippen molar-refractivity contribution in [2.45, 2.75) is 57.6 Å². The highest BCUT2D eigenvalue weighted by atomic mass is 28.4. The molecular weight excluding hydrogens is 372 g/mol. The molecule has 1 aliphatic heterocycles. The zero-order valence-electron chi connectivity index (χ0n) is 18.1. The first-order chi connectivity index (χ1) is 14.0. The van der Waals surface area contributed by atoms with Gasteiger partial charge in [0.1, 0.15) is 0 Å². The van der Waals surface area contributed by atoms with E-state index in [1.54, 1.807) is 0 Å². The van der Waals surface area contributed by atoms with Gasteiger partial charge in [-0.3, -0.25) is 0 Å². The van der Waals surface area contributed by atoms with Crippen molar-refractivity contribution in [1.82, 2.24) is 0 Å². The Balaban J connectivity index is 1.70. The third kappa shape index (κ3) is 4.01. The fourth-order valence-electron chi connectivity index (χ4n) is 5.19. The van der Waals surface area contributed by atoms with E-state index in [-0.39, 0.29) is 11.1 Å². The molecule has 0 bridgehead atoms. The van der Waals surface area contributed by atoms with E-state index < -0.39 is 8.32 Å². The van der Waals surface area contributed by atoms with Gasteiger partial charge in [0, 0.05) is 19.1 Å². The molecule has 1 aliphatic carbocycles. The topological polar surface area (TPSA) is 18.5 Å². The van der Waals surface area contributed by atoms with E-state index >= 15 is 0 Å². The van der Waals surface area contributed by atoms with Crippen LogP contribution in [0.3, 0.4) is 0 Å². The van der Waals surface area contributed by atoms with Gasteiger partial charge in [-0.2, -0.15) is 0 Å². The second kappa shape index (κ2) is 8.59. The molecule has 2 aliphatic rings. The van der Waals surface area contributed by atoms with Crippen LogP contribution < -0.4 is 10.4 Å². The fraction of sp³-hybridized carbons (Fsp3) is 0.462. The van der Waals surface area contributed by atoms with Crippen LogP contribution in [-0.4, -0.2) is 27.6 Å². The second-order valence-corrected chi connectivity index (χ2v) is 13.8. The van der Waals surface area contributed by atoms with Crippen molar-refractivity contribution in [2.24, 2.45) is 5.92 Å². The van der Waals surface area contributed by atoms with E-state index in [1.807, 2.05) is 0 Å². The molecule has 0 amide bonds. The van der Waals surface area contributed by atoms with Crippen molar-refractivity contribution in [3.05, 3.63) is 72.3 Å². The average Bonchev–Trinajstić information content (AvgIpc) is 2.75. The molecular formula is C26H34O2Si. The van der Waals surface area contributed by atoms with Gasteiger partial charge in [-0.25, -0.2) is 0 Å². The molecule has 0 unspecified atom stereocenters. The molecule has 0 N–H and O–H groups in total. The largest absolute Gasteiger partial charge is 0.407 e. The number of rotatable bonds is 5. The molecule has 1 heterocycles. The van der Waals surface area contributed by atoms with Crippen molar-refractivity contribution in [3.8, 4) is 0 Å². The number of fused-ring (bicyclic) bond motifs is 1. The van der Waals surface area contributed by atoms with Crippen molar-refractivity contribution < 1.29 is 9.16 Å². The number of benzene rings is 2. The van der Waals surface area contributed by atoms with Gasteiger partial charge in [0.05, 0.1) is 6.10 Å². The summed E-state index contributed by atoms with van der Waals surface area (Å²) in [6, 6.07) is 21.9. The van der Waals surface area contributed by atoms with Gasteiger partial charge in [0.15, 0.2) is 0 Å². The maximum Gasteiger partial charge on any atom is 0.261 e. The lowest BCUT2D eigenvalue weighted by Crippen LogP contribution is -2.67. The summed E-state index contributed by atoms with van der Waals surface area (Å²) < 4.78 is 13.4. The summed E-state index contributed by atoms with van der Waals surface area (Å²) in [5.41, 5.74) is 1.51. The van der Waals surface area contributed by atoms with Crippen molar-refractivity contribution >= 4 is 18.7 Å². The third-order valence-corrected chi connectivity index (χ3v) is 11.6. The normalized spacial score (nSPS) is 22.7. The Labute approximate surface area is 177 Å². The average molecular weight is 407 g/mol. The molecule has 2 aromatic rings. The van der Waals surface area contributed by atoms with Crippen LogP contribution in [0.1, 0.15) is 46.5 Å². The van der Waals surface area contributed by atoms with E-state index in [0.717, 1.165) is 32.5 Å². The minimum Gasteiger partial charge on any atom is -0.407 e. The Morgan fingerprint density at radius 2 is 1.59 bits per heavy atom. The third-order valence-electron chi connectivity index (χ3n) is 6.58. The summed E-state index contributed by atoms with van der Waals surface area (Å²) in [7, 11) is -2.46. The fourth-order valence-corrected chi connectivity index (χ4v) is 9.81. The summed E-state index contributed by atoms with van der Waals surface area (Å²) in [5, 5.41) is 2.74. The van der Waals surface area contributed by atoms with Crippen LogP contribution in [0.5, 0.6) is 0 Å². The molecule has 0 spiro atoms. The van der Waals surface area contributed by atoms with Crippen LogP contribution in [0.2, 0.25) is 5.04 Å². The Morgan fingerprint density at radius 1 is 0.966 bits per heavy atom. The van der Waals surface area contributed by atoms with Gasteiger partial charge >= 0.3 is 0 Å². The van der Waals surface area contributed by atoms with Crippen LogP contribution in [0.4, 0.5) is 0 Å². The highest BCUT2D eigenvalue weighted by molar-refractivity contribution is 6.99. The minimum absolute atomic E-state index is 0.0243. The molecule has 1 fully saturated rings. The van der Waals surface area contributed by atoms with Gasteiger partial charge in [0.25, 0.3) is 8.32 Å². The van der Waals surface area contributed by atoms with Crippen LogP contribution >= 0.6 is 0 Å². The smallest absolute Gasteiger partial charge is 0.261 e. The lowest BCUT2D eigenvalue weighted by atomic mass is 9.83. The van der Waals surface area contributed by atoms with Crippen molar-refractivity contribution in [1.29, 1.82) is 0 Å². The Hall–Kier alpha value is -1.68. The minimum atomic E-state index is -2.46. The van der Waals surface area contributed by atoms with Crippen LogP contribution in [0.25, 0.3) is 0 Å². The highest BCUT2D eigenvalue weighted by Gasteiger charge is 2.50. The molecule has 2 aromatic carbocycles. The first kappa shape index (κ1) is 20.6. The van der Waals surface area contributed by atoms with E-state index in [4.69, 9.17) is 9.16 Å². The summed E-state index contributed by atoms with van der Waals surface area (Å²) in [6.45, 7) is 8.71. The molecule has 3 heteroatoms. The standard InChI is InChI=1S/C26H34O2Si/c1-26(2,3)29(23-15-6-4-7-16-23,24-17-8-5-9-18-24)28-20-22-13-10-12-21-14-11-19-27-25(21)22/h4-9,12,15-18,22,25H,10-11,13-14,19-20H2,1-3H3/t22-,25-/m0/s1. The SMILES string of the molecule is CC(C)(C)[Si](OC[C@@H]1CCC=C2CCCO[C@@H]21)(c1ccccc1)c1ccccc1. The first-order valence-corrected chi connectivity index (χ1v) is 13.0. The summed E-state index contributed by atoms with van der Waals surface area (Å²) >= 11 is 0. The predicted octanol–water partition coefficient (Wildman–Crippen LogP) is 5.08. The zero-order valence-corrected chi connectivity index (χ0v) is 19.1. The molecule has 29 heavy (non-hydrogen) atoms. The maximum atomic E-state index is 7.19. The highest BCUT2D eigenvalue weighted by Crippen LogP contribution is 2.39. The molecule has 0 radical (unpaired) electrons. The number of allylic oxidation sites excluding steroid dienone is 1. The Bertz CT molecular complexity index is 783. The van der Waals surface area contributed by atoms with Gasteiger partial charge < -0.3 is 9.16 Å². The predicted molar refractivity (Wildman–Crippen MR) is 123 cm³/mol. The molecule has 4 rings (SSSR count). The summed E-state index contributed by atoms with van der Waals surface area (Å²) in [5.74, 6) is 0.456. The number of hydrogen-bond donors (Lipinski definition) is 0. The summed E-state index contributed by atoms with van der Waals surface area (Å²) in [6.07, 6.45) is 7.35. The van der Waals surface area contributed by atoms with Gasteiger partial charge in [0.2, 0.25) is 0 Å². The van der Waals surface area contributed by atoms with E-state index in [0.29, 0.717) is 5.92 Å². The lowest BCUT2D eigenvalue weighted by molar-refractivity contribution is -0.00753. The molecule has 1 saturated heterocycles. The van der Waals surface area contributed by atoms with Gasteiger partial charge in [-0.05, 0) is 46.7 Å². The molecule has 2 nitrogen and oxygen atoms in total. The number of hydrogen-bond acceptors (Lipinski definition) is 2. The molecule has 2 atom stereocenters. The van der Waals surface area contributed by atoms with Crippen molar-refractivity contribution in [2.75, 3.05) is 13.2 Å². The summed E-state index contributed by atoms with van der Waals surface area (Å²) in [4.78, 5) is 0. The van der Waals surface area contributed by atoms with Gasteiger partial charge in [-0.1, -0.05) is 87.5 Å². The second-order valence-electron chi connectivity index (χ2n) is 9.49. The molecule has 0 aromatic heterocycles. The van der Waals surface area contributed by atoms with E-state index in [2.05, 4.69) is 87.5 Å². The quantitative estimate of drug-likeness (QED) is 0.509. The van der Waals surface area contributed by atoms with Crippen LogP contribution in [0, 0.1) is 5.92 Å². The van der Waals surface area contributed by atoms with Crippen LogP contribution in [-0.2, 0) is 9.16 Å². The monoisotopic (exact) mass is 406 g/mol. The zero-order chi connectivity index (χ0) is 20.3. The van der Waals surface area contributed by atoms with E-state index in [1.165, 1.54) is 22.4 Å². The van der Waals surface area contributed by atoms with Gasteiger partial charge in [-0.15, -0.1) is 0 Å². The Morgan fingerprint density at radius 3 is 2.17 bits per heavy atom. The van der Waals surface area contributed by atoms with Crippen LogP contribution in [0.15, 0.2) is 72.3 Å². The first-order valence-electron chi connectivity index (χ1n) is 11.1. The molecule has 0 saturated carbocycles. The van der Waals surface area contributed by atoms with Crippen molar-refractivity contribution in [3.63, 3.8) is 0 Å².